The number of phenols is 1. The van der Waals surface area contributed by atoms with Gasteiger partial charge in [0.05, 0.1) is 6.61 Å². The van der Waals surface area contributed by atoms with Crippen molar-refractivity contribution in [3.05, 3.63) is 100 Å². The molecule has 45 heavy (non-hydrogen) atoms. The first-order valence-corrected chi connectivity index (χ1v) is 15.7. The average Bonchev–Trinajstić information content (AvgIpc) is 3.04. The van der Waals surface area contributed by atoms with Gasteiger partial charge in [0.15, 0.2) is 0 Å². The summed E-state index contributed by atoms with van der Waals surface area (Å²) in [6.45, 7) is 4.73. The monoisotopic (exact) mass is 619 g/mol. The summed E-state index contributed by atoms with van der Waals surface area (Å²) in [7, 11) is 0. The summed E-state index contributed by atoms with van der Waals surface area (Å²) in [5, 5.41) is 57.2. The Labute approximate surface area is 264 Å². The van der Waals surface area contributed by atoms with Crippen LogP contribution in [0.15, 0.2) is 66.7 Å². The minimum Gasteiger partial charge on any atom is -0.508 e. The van der Waals surface area contributed by atoms with Crippen LogP contribution in [0.2, 0.25) is 0 Å². The summed E-state index contributed by atoms with van der Waals surface area (Å²) in [5.41, 5.74) is 5.48. The Bertz CT molecular complexity index is 1390. The summed E-state index contributed by atoms with van der Waals surface area (Å²) in [6, 6.07) is 21.9. The van der Waals surface area contributed by atoms with Gasteiger partial charge >= 0.3 is 6.03 Å². The fraction of sp³-hybridized carbons (Fsp3) is 0.457. The molecule has 2 saturated heterocycles. The Kier molecular flexibility index (Phi) is 11.1. The smallest absolute Gasteiger partial charge is 0.315 e. The Morgan fingerprint density at radius 1 is 0.911 bits per heavy atom. The van der Waals surface area contributed by atoms with E-state index in [2.05, 4.69) is 39.8 Å². The molecule has 0 bridgehead atoms. The first-order chi connectivity index (χ1) is 21.7. The summed E-state index contributed by atoms with van der Waals surface area (Å²) < 4.78 is 5.67. The summed E-state index contributed by atoms with van der Waals surface area (Å²) in [4.78, 5) is 14.9. The highest BCUT2D eigenvalue weighted by Gasteiger charge is 2.44. The van der Waals surface area contributed by atoms with Crippen molar-refractivity contribution in [1.82, 2.24) is 15.5 Å². The highest BCUT2D eigenvalue weighted by molar-refractivity contribution is 5.74. The molecule has 10 nitrogen and oxygen atoms in total. The third-order valence-electron chi connectivity index (χ3n) is 8.97. The Morgan fingerprint density at radius 3 is 2.29 bits per heavy atom. The van der Waals surface area contributed by atoms with E-state index in [4.69, 9.17) is 4.74 Å². The van der Waals surface area contributed by atoms with Crippen LogP contribution < -0.4 is 10.6 Å². The maximum atomic E-state index is 12.5. The van der Waals surface area contributed by atoms with Crippen LogP contribution in [0.25, 0.3) is 0 Å². The van der Waals surface area contributed by atoms with E-state index in [9.17, 15) is 30.3 Å². The largest absolute Gasteiger partial charge is 0.508 e. The first-order valence-electron chi connectivity index (χ1n) is 15.7. The standard InChI is InChI=1S/C35H45N3O7/c1-22-17-29(40)28(34-33(43)32(42)31(41)30(21-39)45-34)19-26(22)18-24-9-7-23(8-10-24)11-14-36-35(44)37-27-12-15-38(16-13-27)20-25-5-3-2-4-6-25/h2-10,17,19,27,30-34,39-43H,11-16,18,20-21H2,1H3,(H2,36,37,44)/t30-,31-,32+,33-,34+/m1/s1. The van der Waals surface area contributed by atoms with Crippen LogP contribution in [0.1, 0.15) is 52.3 Å². The van der Waals surface area contributed by atoms with Crippen LogP contribution in [0.3, 0.4) is 0 Å². The van der Waals surface area contributed by atoms with Gasteiger partial charge in [0, 0.05) is 37.8 Å². The number of piperidine rings is 1. The third kappa shape index (κ3) is 8.40. The number of carbonyl (C=O) groups is 1. The molecule has 0 spiro atoms. The maximum absolute atomic E-state index is 12.5. The van der Waals surface area contributed by atoms with E-state index in [1.807, 2.05) is 37.3 Å². The van der Waals surface area contributed by atoms with Crippen LogP contribution in [-0.2, 0) is 24.1 Å². The van der Waals surface area contributed by atoms with Crippen molar-refractivity contribution in [3.8, 4) is 5.75 Å². The topological polar surface area (TPSA) is 155 Å². The lowest BCUT2D eigenvalue weighted by Crippen LogP contribution is -2.55. The van der Waals surface area contributed by atoms with E-state index in [1.54, 1.807) is 12.1 Å². The number of aromatic hydroxyl groups is 1. The molecular formula is C35H45N3O7. The van der Waals surface area contributed by atoms with Crippen molar-refractivity contribution in [1.29, 1.82) is 0 Å². The second kappa shape index (κ2) is 15.2. The molecule has 10 heteroatoms. The molecule has 0 aliphatic carbocycles. The summed E-state index contributed by atoms with van der Waals surface area (Å²) >= 11 is 0. The van der Waals surface area contributed by atoms with Crippen molar-refractivity contribution in [2.24, 2.45) is 0 Å². The van der Waals surface area contributed by atoms with Crippen molar-refractivity contribution in [2.45, 2.75) is 75.7 Å². The number of amides is 2. The molecule has 0 radical (unpaired) electrons. The molecule has 7 N–H and O–H groups in total. The zero-order valence-corrected chi connectivity index (χ0v) is 25.7. The van der Waals surface area contributed by atoms with Crippen LogP contribution in [0.5, 0.6) is 5.75 Å². The number of rotatable bonds is 10. The number of nitrogens with zero attached hydrogens (tertiary/aromatic N) is 1. The number of nitrogens with one attached hydrogen (secondary N) is 2. The molecule has 0 aromatic heterocycles. The summed E-state index contributed by atoms with van der Waals surface area (Å²) in [6.07, 6.45) is -3.51. The summed E-state index contributed by atoms with van der Waals surface area (Å²) in [5.74, 6) is -0.0963. The molecule has 0 unspecified atom stereocenters. The van der Waals surface area contributed by atoms with E-state index in [-0.39, 0.29) is 23.4 Å². The van der Waals surface area contributed by atoms with Crippen LogP contribution in [0, 0.1) is 6.92 Å². The fourth-order valence-electron chi connectivity index (χ4n) is 6.21. The van der Waals surface area contributed by atoms with Gasteiger partial charge in [0.25, 0.3) is 0 Å². The number of ether oxygens (including phenoxy) is 1. The third-order valence-corrected chi connectivity index (χ3v) is 8.97. The maximum Gasteiger partial charge on any atom is 0.315 e. The highest BCUT2D eigenvalue weighted by atomic mass is 16.5. The van der Waals surface area contributed by atoms with Gasteiger partial charge in [-0.1, -0.05) is 54.6 Å². The number of likely N-dealkylation sites (tertiary alicyclic amines) is 1. The van der Waals surface area contributed by atoms with E-state index in [1.165, 1.54) is 5.56 Å². The Hall–Kier alpha value is -3.51. The van der Waals surface area contributed by atoms with Crippen molar-refractivity contribution < 1.29 is 35.1 Å². The van der Waals surface area contributed by atoms with Crippen molar-refractivity contribution >= 4 is 6.03 Å². The lowest BCUT2D eigenvalue weighted by atomic mass is 9.88. The van der Waals surface area contributed by atoms with E-state index < -0.39 is 37.1 Å². The van der Waals surface area contributed by atoms with E-state index in [0.29, 0.717) is 19.4 Å². The molecule has 2 aliphatic heterocycles. The van der Waals surface area contributed by atoms with Gasteiger partial charge in [0.1, 0.15) is 36.3 Å². The predicted molar refractivity (Wildman–Crippen MR) is 170 cm³/mol. The van der Waals surface area contributed by atoms with Gasteiger partial charge in [0.2, 0.25) is 0 Å². The number of phenolic OH excluding ortho intramolecular Hbond substituents is 1. The van der Waals surface area contributed by atoms with Crippen LogP contribution in [0.4, 0.5) is 4.79 Å². The minimum absolute atomic E-state index is 0.0963. The second-order valence-corrected chi connectivity index (χ2v) is 12.3. The number of aryl methyl sites for hydroxylation is 1. The normalized spacial score (nSPS) is 24.3. The Morgan fingerprint density at radius 2 is 1.60 bits per heavy atom. The molecule has 5 rings (SSSR count). The molecule has 2 heterocycles. The zero-order chi connectivity index (χ0) is 31.9. The second-order valence-electron chi connectivity index (χ2n) is 12.3. The van der Waals surface area contributed by atoms with Crippen molar-refractivity contribution in [3.63, 3.8) is 0 Å². The number of aliphatic hydroxyl groups excluding tert-OH is 4. The molecule has 2 aliphatic rings. The van der Waals surface area contributed by atoms with Gasteiger partial charge in [-0.15, -0.1) is 0 Å². The average molecular weight is 620 g/mol. The molecular weight excluding hydrogens is 574 g/mol. The SMILES string of the molecule is Cc1cc(O)c([C@@H]2O[C@H](CO)[C@@H](O)[C@H](O)[C@H]2O)cc1Cc1ccc(CCNC(=O)NC2CCN(Cc3ccccc3)CC2)cc1. The lowest BCUT2D eigenvalue weighted by molar-refractivity contribution is -0.232. The van der Waals surface area contributed by atoms with E-state index in [0.717, 1.165) is 54.7 Å². The van der Waals surface area contributed by atoms with E-state index >= 15 is 0 Å². The lowest BCUT2D eigenvalue weighted by Gasteiger charge is -2.40. The molecule has 242 valence electrons. The van der Waals surface area contributed by atoms with Crippen molar-refractivity contribution in [2.75, 3.05) is 26.2 Å². The Balaban J connectivity index is 1.08. The molecule has 3 aromatic carbocycles. The highest BCUT2D eigenvalue weighted by Crippen LogP contribution is 2.38. The first kappa shape index (κ1) is 32.9. The molecule has 5 atom stereocenters. The van der Waals surface area contributed by atoms with Gasteiger partial charge in [-0.3, -0.25) is 4.90 Å². The number of carbonyl (C=O) groups excluding carboxylic acids is 1. The number of hydrogen-bond donors (Lipinski definition) is 7. The molecule has 3 aromatic rings. The number of benzene rings is 3. The van der Waals surface area contributed by atoms with Gasteiger partial charge in [-0.05, 0) is 72.6 Å². The fourth-order valence-corrected chi connectivity index (χ4v) is 6.21. The molecule has 2 amide bonds. The molecule has 2 fully saturated rings. The number of hydrogen-bond acceptors (Lipinski definition) is 8. The van der Waals surface area contributed by atoms with Gasteiger partial charge in [-0.25, -0.2) is 4.79 Å². The zero-order valence-electron chi connectivity index (χ0n) is 25.7. The van der Waals surface area contributed by atoms with Gasteiger partial charge in [-0.2, -0.15) is 0 Å². The molecule has 0 saturated carbocycles. The minimum atomic E-state index is -1.53. The van der Waals surface area contributed by atoms with Gasteiger partial charge < -0.3 is 40.9 Å². The number of aliphatic hydroxyl groups is 4. The van der Waals surface area contributed by atoms with Crippen LogP contribution in [-0.4, -0.2) is 93.2 Å². The predicted octanol–water partition coefficient (Wildman–Crippen LogP) is 2.31. The van der Waals surface area contributed by atoms with Crippen LogP contribution >= 0.6 is 0 Å². The quantitative estimate of drug-likeness (QED) is 0.183. The number of urea groups is 1.